The van der Waals surface area contributed by atoms with Crippen LogP contribution in [0.25, 0.3) is 0 Å². The fourth-order valence-electron chi connectivity index (χ4n) is 2.73. The van der Waals surface area contributed by atoms with Crippen molar-refractivity contribution in [2.24, 2.45) is 0 Å². The van der Waals surface area contributed by atoms with Crippen molar-refractivity contribution >= 4 is 17.2 Å². The Bertz CT molecular complexity index is 666. The summed E-state index contributed by atoms with van der Waals surface area (Å²) in [6.45, 7) is 6.75. The summed E-state index contributed by atoms with van der Waals surface area (Å²) in [4.78, 5) is 20.0. The van der Waals surface area contributed by atoms with Gasteiger partial charge in [-0.3, -0.25) is 9.69 Å². The number of benzene rings is 1. The van der Waals surface area contributed by atoms with E-state index in [0.29, 0.717) is 6.54 Å². The molecule has 0 spiro atoms. The molecule has 1 amide bonds. The topological polar surface area (TPSA) is 54.5 Å². The van der Waals surface area contributed by atoms with Gasteiger partial charge in [-0.15, -0.1) is 11.3 Å². The monoisotopic (exact) mass is 345 g/mol. The summed E-state index contributed by atoms with van der Waals surface area (Å²) in [6.07, 6.45) is 0.838. The third kappa shape index (κ3) is 4.63. The molecule has 1 N–H and O–H groups in total. The first kappa shape index (κ1) is 17.1. The van der Waals surface area contributed by atoms with Crippen molar-refractivity contribution in [3.63, 3.8) is 0 Å². The molecule has 0 bridgehead atoms. The normalized spacial score (nSPS) is 15.4. The molecule has 0 unspecified atom stereocenters. The minimum absolute atomic E-state index is 0.0193. The number of rotatable bonds is 6. The zero-order chi connectivity index (χ0) is 16.8. The predicted octanol–water partition coefficient (Wildman–Crippen LogP) is 2.26. The van der Waals surface area contributed by atoms with Crippen molar-refractivity contribution in [2.75, 3.05) is 32.8 Å². The van der Waals surface area contributed by atoms with E-state index in [1.807, 2.05) is 25.1 Å². The molecule has 5 nitrogen and oxygen atoms in total. The van der Waals surface area contributed by atoms with E-state index >= 15 is 0 Å². The van der Waals surface area contributed by atoms with Gasteiger partial charge in [0.25, 0.3) is 5.91 Å². The summed E-state index contributed by atoms with van der Waals surface area (Å²) >= 11 is 1.50. The quantitative estimate of drug-likeness (QED) is 0.872. The fraction of sp³-hybridized carbons (Fsp3) is 0.444. The Balaban J connectivity index is 1.52. The second kappa shape index (κ2) is 8.37. The average Bonchev–Trinajstić information content (AvgIpc) is 2.97. The highest BCUT2D eigenvalue weighted by Crippen LogP contribution is 2.20. The van der Waals surface area contributed by atoms with Gasteiger partial charge in [0.2, 0.25) is 0 Å². The molecule has 6 heteroatoms. The number of carbonyl (C=O) groups excluding carboxylic acids is 1. The van der Waals surface area contributed by atoms with Crippen molar-refractivity contribution in [3.8, 4) is 0 Å². The number of morpholine rings is 1. The summed E-state index contributed by atoms with van der Waals surface area (Å²) in [7, 11) is 0. The van der Waals surface area contributed by atoms with Gasteiger partial charge in [-0.25, -0.2) is 4.98 Å². The average molecular weight is 345 g/mol. The maximum absolute atomic E-state index is 12.4. The lowest BCUT2D eigenvalue weighted by Gasteiger charge is -2.25. The van der Waals surface area contributed by atoms with Crippen LogP contribution in [0.15, 0.2) is 30.3 Å². The smallest absolute Gasteiger partial charge is 0.263 e. The van der Waals surface area contributed by atoms with Crippen molar-refractivity contribution in [1.29, 1.82) is 0 Å². The fourth-order valence-corrected chi connectivity index (χ4v) is 3.75. The largest absolute Gasteiger partial charge is 0.379 e. The number of hydrogen-bond donors (Lipinski definition) is 1. The minimum Gasteiger partial charge on any atom is -0.379 e. The number of thiazole rings is 1. The van der Waals surface area contributed by atoms with Crippen LogP contribution in [0.2, 0.25) is 0 Å². The second-order valence-electron chi connectivity index (χ2n) is 5.90. The van der Waals surface area contributed by atoms with Crippen molar-refractivity contribution in [3.05, 3.63) is 51.5 Å². The molecule has 1 aliphatic heterocycles. The first-order valence-corrected chi connectivity index (χ1v) is 9.12. The lowest BCUT2D eigenvalue weighted by molar-refractivity contribution is 0.0341. The Hall–Kier alpha value is -1.76. The molecule has 128 valence electrons. The predicted molar refractivity (Wildman–Crippen MR) is 95.4 cm³/mol. The summed E-state index contributed by atoms with van der Waals surface area (Å²) in [6, 6.07) is 10.2. The molecule has 2 aromatic rings. The van der Waals surface area contributed by atoms with Crippen molar-refractivity contribution < 1.29 is 9.53 Å². The van der Waals surface area contributed by atoms with Crippen LogP contribution in [0.5, 0.6) is 0 Å². The maximum atomic E-state index is 12.4. The van der Waals surface area contributed by atoms with Crippen molar-refractivity contribution in [2.45, 2.75) is 19.9 Å². The molecular weight excluding hydrogens is 322 g/mol. The van der Waals surface area contributed by atoms with E-state index in [4.69, 9.17) is 4.74 Å². The summed E-state index contributed by atoms with van der Waals surface area (Å²) < 4.78 is 5.36. The Morgan fingerprint density at radius 1 is 1.29 bits per heavy atom. The molecule has 0 saturated carbocycles. The molecule has 1 saturated heterocycles. The van der Waals surface area contributed by atoms with Crippen LogP contribution in [0.1, 0.15) is 25.9 Å². The van der Waals surface area contributed by atoms with Gasteiger partial charge < -0.3 is 10.1 Å². The van der Waals surface area contributed by atoms with Gasteiger partial charge in [0, 0.05) is 19.6 Å². The van der Waals surface area contributed by atoms with Crippen LogP contribution >= 0.6 is 11.3 Å². The van der Waals surface area contributed by atoms with Gasteiger partial charge in [0.15, 0.2) is 0 Å². The first-order chi connectivity index (χ1) is 11.7. The van der Waals surface area contributed by atoms with E-state index in [0.717, 1.165) is 54.8 Å². The van der Waals surface area contributed by atoms with E-state index in [2.05, 4.69) is 27.3 Å². The molecule has 2 heterocycles. The third-order valence-corrected chi connectivity index (χ3v) is 5.19. The number of nitrogens with zero attached hydrogens (tertiary/aromatic N) is 2. The SMILES string of the molecule is Cc1nc(CN2CCOCC2)sc1C(=O)NCCc1ccccc1. The van der Waals surface area contributed by atoms with Gasteiger partial charge in [-0.2, -0.15) is 0 Å². The summed E-state index contributed by atoms with van der Waals surface area (Å²) in [5.41, 5.74) is 2.05. The number of aryl methyl sites for hydroxylation is 1. The van der Waals surface area contributed by atoms with E-state index in [1.165, 1.54) is 16.9 Å². The van der Waals surface area contributed by atoms with Crippen molar-refractivity contribution in [1.82, 2.24) is 15.2 Å². The van der Waals surface area contributed by atoms with Crippen LogP contribution in [-0.2, 0) is 17.7 Å². The Labute approximate surface area is 146 Å². The van der Waals surface area contributed by atoms with Gasteiger partial charge in [-0.05, 0) is 18.9 Å². The molecule has 1 fully saturated rings. The molecule has 24 heavy (non-hydrogen) atoms. The number of ether oxygens (including phenoxy) is 1. The molecular formula is C18H23N3O2S. The second-order valence-corrected chi connectivity index (χ2v) is 6.99. The highest BCUT2D eigenvalue weighted by Gasteiger charge is 2.18. The standard InChI is InChI=1S/C18H23N3O2S/c1-14-17(18(22)19-8-7-15-5-3-2-4-6-15)24-16(20-14)13-21-9-11-23-12-10-21/h2-6H,7-13H2,1H3,(H,19,22). The van der Waals surface area contributed by atoms with Gasteiger partial charge in [0.05, 0.1) is 25.5 Å². The molecule has 1 aromatic heterocycles. The number of hydrogen-bond acceptors (Lipinski definition) is 5. The number of aromatic nitrogens is 1. The Morgan fingerprint density at radius 2 is 2.04 bits per heavy atom. The third-order valence-electron chi connectivity index (χ3n) is 4.05. The summed E-state index contributed by atoms with van der Waals surface area (Å²) in [5.74, 6) is -0.0193. The van der Waals surface area contributed by atoms with Gasteiger partial charge >= 0.3 is 0 Å². The van der Waals surface area contributed by atoms with Crippen LogP contribution in [0.3, 0.4) is 0 Å². The van der Waals surface area contributed by atoms with Crippen LogP contribution in [-0.4, -0.2) is 48.6 Å². The molecule has 1 aliphatic rings. The first-order valence-electron chi connectivity index (χ1n) is 8.31. The number of amides is 1. The van der Waals surface area contributed by atoms with Gasteiger partial charge in [0.1, 0.15) is 9.88 Å². The Kier molecular flexibility index (Phi) is 5.96. The Morgan fingerprint density at radius 3 is 2.79 bits per heavy atom. The van der Waals surface area contributed by atoms with E-state index in [9.17, 15) is 4.79 Å². The number of nitrogens with one attached hydrogen (secondary N) is 1. The zero-order valence-corrected chi connectivity index (χ0v) is 14.8. The van der Waals surface area contributed by atoms with Crippen LogP contribution in [0.4, 0.5) is 0 Å². The molecule has 3 rings (SSSR count). The van der Waals surface area contributed by atoms with E-state index in [-0.39, 0.29) is 5.91 Å². The molecule has 0 aliphatic carbocycles. The lowest BCUT2D eigenvalue weighted by atomic mass is 10.1. The summed E-state index contributed by atoms with van der Waals surface area (Å²) in [5, 5.41) is 4.01. The van der Waals surface area contributed by atoms with Crippen LogP contribution in [0, 0.1) is 6.92 Å². The highest BCUT2D eigenvalue weighted by molar-refractivity contribution is 7.13. The maximum Gasteiger partial charge on any atom is 0.263 e. The number of carbonyl (C=O) groups is 1. The van der Waals surface area contributed by atoms with Gasteiger partial charge in [-0.1, -0.05) is 30.3 Å². The zero-order valence-electron chi connectivity index (χ0n) is 14.0. The minimum atomic E-state index is -0.0193. The van der Waals surface area contributed by atoms with Crippen LogP contribution < -0.4 is 5.32 Å². The lowest BCUT2D eigenvalue weighted by Crippen LogP contribution is -2.35. The van der Waals surface area contributed by atoms with E-state index < -0.39 is 0 Å². The van der Waals surface area contributed by atoms with E-state index in [1.54, 1.807) is 0 Å². The highest BCUT2D eigenvalue weighted by atomic mass is 32.1. The molecule has 0 atom stereocenters. The molecule has 1 aromatic carbocycles. The molecule has 0 radical (unpaired) electrons.